The van der Waals surface area contributed by atoms with Crippen molar-refractivity contribution in [3.05, 3.63) is 46.0 Å². The van der Waals surface area contributed by atoms with Crippen LogP contribution in [0.4, 0.5) is 0 Å². The normalized spacial score (nSPS) is 28.3. The van der Waals surface area contributed by atoms with Crippen molar-refractivity contribution in [3.8, 4) is 0 Å². The fourth-order valence-electron chi connectivity index (χ4n) is 4.72. The second kappa shape index (κ2) is 7.37. The summed E-state index contributed by atoms with van der Waals surface area (Å²) >= 11 is 0. The van der Waals surface area contributed by atoms with E-state index in [2.05, 4.69) is 5.32 Å². The SMILES string of the molecule is COC(=O)[C@H](NC(=O)[C@@]12CC[C@@](C)(C(=O)O1)C2(C)C)[C@H](C[N+](=O)[O-])c1ccccc1. The molecule has 2 bridgehead atoms. The Bertz CT molecular complexity index is 885. The lowest BCUT2D eigenvalue weighted by Crippen LogP contribution is -2.58. The van der Waals surface area contributed by atoms with Crippen molar-refractivity contribution in [2.45, 2.75) is 51.2 Å². The molecular weight excluding hydrogens is 392 g/mol. The minimum atomic E-state index is -1.44. The Morgan fingerprint density at radius 2 is 1.87 bits per heavy atom. The molecule has 2 fully saturated rings. The number of nitrogens with one attached hydrogen (secondary N) is 1. The van der Waals surface area contributed by atoms with Crippen molar-refractivity contribution in [2.75, 3.05) is 13.7 Å². The molecule has 9 nitrogen and oxygen atoms in total. The Labute approximate surface area is 174 Å². The first kappa shape index (κ1) is 21.7. The van der Waals surface area contributed by atoms with E-state index < -0.39 is 57.7 Å². The number of nitro groups is 1. The molecule has 1 N–H and O–H groups in total. The molecule has 1 saturated heterocycles. The number of hydrogen-bond acceptors (Lipinski definition) is 7. The Hall–Kier alpha value is -2.97. The summed E-state index contributed by atoms with van der Waals surface area (Å²) in [5.74, 6) is -2.85. The first-order chi connectivity index (χ1) is 14.0. The van der Waals surface area contributed by atoms with E-state index in [1.165, 1.54) is 0 Å². The lowest BCUT2D eigenvalue weighted by molar-refractivity contribution is -0.483. The molecule has 3 rings (SSSR count). The lowest BCUT2D eigenvalue weighted by Gasteiger charge is -2.36. The van der Waals surface area contributed by atoms with Crippen LogP contribution in [0.25, 0.3) is 0 Å². The van der Waals surface area contributed by atoms with E-state index >= 15 is 0 Å². The number of methoxy groups -OCH3 is 1. The zero-order chi connectivity index (χ0) is 22.3. The smallest absolute Gasteiger partial charge is 0.329 e. The minimum Gasteiger partial charge on any atom is -0.467 e. The maximum absolute atomic E-state index is 13.4. The van der Waals surface area contributed by atoms with E-state index in [0.717, 1.165) is 7.11 Å². The molecule has 0 unspecified atom stereocenters. The summed E-state index contributed by atoms with van der Waals surface area (Å²) in [5, 5.41) is 14.0. The molecule has 4 atom stereocenters. The number of esters is 2. The summed E-state index contributed by atoms with van der Waals surface area (Å²) in [4.78, 5) is 49.3. The molecule has 162 valence electrons. The molecule has 1 heterocycles. The zero-order valence-corrected chi connectivity index (χ0v) is 17.5. The van der Waals surface area contributed by atoms with Gasteiger partial charge in [0.15, 0.2) is 5.60 Å². The molecule has 30 heavy (non-hydrogen) atoms. The summed E-state index contributed by atoms with van der Waals surface area (Å²) in [6, 6.07) is 7.13. The predicted molar refractivity (Wildman–Crippen MR) is 105 cm³/mol. The molecule has 0 spiro atoms. The van der Waals surface area contributed by atoms with Crippen LogP contribution < -0.4 is 5.32 Å². The highest BCUT2D eigenvalue weighted by atomic mass is 16.6. The van der Waals surface area contributed by atoms with Crippen LogP contribution in [0, 0.1) is 20.9 Å². The third kappa shape index (κ3) is 3.03. The highest BCUT2D eigenvalue weighted by Crippen LogP contribution is 2.65. The molecule has 2 aliphatic rings. The molecule has 9 heteroatoms. The summed E-state index contributed by atoms with van der Waals surface area (Å²) < 4.78 is 10.4. The molecule has 1 aromatic rings. The monoisotopic (exact) mass is 418 g/mol. The van der Waals surface area contributed by atoms with Crippen LogP contribution in [0.5, 0.6) is 0 Å². The maximum Gasteiger partial charge on any atom is 0.329 e. The number of ether oxygens (including phenoxy) is 2. The number of benzene rings is 1. The highest BCUT2D eigenvalue weighted by molar-refractivity contribution is 5.98. The minimum absolute atomic E-state index is 0.313. The van der Waals surface area contributed by atoms with E-state index in [9.17, 15) is 24.5 Å². The topological polar surface area (TPSA) is 125 Å². The predicted octanol–water partition coefficient (Wildman–Crippen LogP) is 1.83. The first-order valence-corrected chi connectivity index (χ1v) is 9.79. The van der Waals surface area contributed by atoms with Crippen LogP contribution in [-0.4, -0.2) is 48.1 Å². The second-order valence-corrected chi connectivity index (χ2v) is 8.68. The van der Waals surface area contributed by atoms with Gasteiger partial charge in [0, 0.05) is 10.3 Å². The first-order valence-electron chi connectivity index (χ1n) is 9.79. The van der Waals surface area contributed by atoms with E-state index in [-0.39, 0.29) is 0 Å². The Kier molecular flexibility index (Phi) is 5.34. The van der Waals surface area contributed by atoms with E-state index in [4.69, 9.17) is 9.47 Å². The van der Waals surface area contributed by atoms with Gasteiger partial charge in [-0.3, -0.25) is 19.7 Å². The van der Waals surface area contributed by atoms with Gasteiger partial charge < -0.3 is 14.8 Å². The number of nitrogens with zero attached hydrogens (tertiary/aromatic N) is 1. The zero-order valence-electron chi connectivity index (χ0n) is 17.5. The van der Waals surface area contributed by atoms with Gasteiger partial charge in [0.2, 0.25) is 6.54 Å². The van der Waals surface area contributed by atoms with Crippen molar-refractivity contribution >= 4 is 17.8 Å². The van der Waals surface area contributed by atoms with Gasteiger partial charge in [-0.05, 0) is 25.3 Å². The van der Waals surface area contributed by atoms with Gasteiger partial charge in [-0.1, -0.05) is 44.2 Å². The van der Waals surface area contributed by atoms with Crippen LogP contribution in [0.1, 0.15) is 45.1 Å². The molecule has 1 aliphatic carbocycles. The number of rotatable bonds is 7. The van der Waals surface area contributed by atoms with Crippen molar-refractivity contribution in [1.29, 1.82) is 0 Å². The maximum atomic E-state index is 13.4. The van der Waals surface area contributed by atoms with Crippen molar-refractivity contribution in [1.82, 2.24) is 5.32 Å². The molecule has 1 saturated carbocycles. The van der Waals surface area contributed by atoms with Crippen molar-refractivity contribution in [2.24, 2.45) is 10.8 Å². The van der Waals surface area contributed by atoms with Crippen molar-refractivity contribution < 1.29 is 28.8 Å². The van der Waals surface area contributed by atoms with E-state index in [1.807, 2.05) is 0 Å². The second-order valence-electron chi connectivity index (χ2n) is 8.68. The molecule has 0 aromatic heterocycles. The van der Waals surface area contributed by atoms with Gasteiger partial charge in [-0.2, -0.15) is 0 Å². The average molecular weight is 418 g/mol. The summed E-state index contributed by atoms with van der Waals surface area (Å²) in [7, 11) is 1.15. The van der Waals surface area contributed by atoms with Crippen LogP contribution in [0.3, 0.4) is 0 Å². The lowest BCUT2D eigenvalue weighted by atomic mass is 9.66. The number of hydrogen-bond donors (Lipinski definition) is 1. The van der Waals surface area contributed by atoms with Crippen LogP contribution >= 0.6 is 0 Å². The fraction of sp³-hybridized carbons (Fsp3) is 0.571. The molecule has 1 aliphatic heterocycles. The number of fused-ring (bicyclic) bond motifs is 2. The molecule has 0 radical (unpaired) electrons. The van der Waals surface area contributed by atoms with Crippen LogP contribution in [0.15, 0.2) is 30.3 Å². The Morgan fingerprint density at radius 3 is 2.33 bits per heavy atom. The number of carbonyl (C=O) groups is 3. The average Bonchev–Trinajstić information content (AvgIpc) is 3.00. The van der Waals surface area contributed by atoms with Crippen LogP contribution in [-0.2, 0) is 23.9 Å². The summed E-state index contributed by atoms with van der Waals surface area (Å²) in [6.07, 6.45) is 0.791. The Morgan fingerprint density at radius 1 is 1.23 bits per heavy atom. The summed E-state index contributed by atoms with van der Waals surface area (Å²) in [6.45, 7) is 4.78. The van der Waals surface area contributed by atoms with Gasteiger partial charge in [0.05, 0.1) is 18.4 Å². The third-order valence-corrected chi connectivity index (χ3v) is 7.17. The quantitative estimate of drug-likeness (QED) is 0.407. The summed E-state index contributed by atoms with van der Waals surface area (Å²) in [5.41, 5.74) is -2.56. The number of carbonyl (C=O) groups excluding carboxylic acids is 3. The van der Waals surface area contributed by atoms with Gasteiger partial charge in [-0.25, -0.2) is 4.79 Å². The standard InChI is InChI=1S/C21H26N2O7/c1-19(2)20(3)10-11-21(19,30-18(20)26)17(25)22-15(16(24)29-4)14(12-23(27)28)13-8-6-5-7-9-13/h5-9,14-15H,10-12H2,1-4H3,(H,22,25)/t14-,15-,20+,21-/m1/s1. The van der Waals surface area contributed by atoms with E-state index in [1.54, 1.807) is 51.1 Å². The van der Waals surface area contributed by atoms with Gasteiger partial charge in [-0.15, -0.1) is 0 Å². The van der Waals surface area contributed by atoms with Gasteiger partial charge in [0.1, 0.15) is 6.04 Å². The van der Waals surface area contributed by atoms with Crippen LogP contribution in [0.2, 0.25) is 0 Å². The molecule has 1 amide bonds. The van der Waals surface area contributed by atoms with Gasteiger partial charge >= 0.3 is 11.9 Å². The third-order valence-electron chi connectivity index (χ3n) is 7.17. The molecular formula is C21H26N2O7. The highest BCUT2D eigenvalue weighted by Gasteiger charge is 2.75. The molecule has 1 aromatic carbocycles. The van der Waals surface area contributed by atoms with Gasteiger partial charge in [0.25, 0.3) is 5.91 Å². The van der Waals surface area contributed by atoms with E-state index in [0.29, 0.717) is 18.4 Å². The number of amides is 1. The van der Waals surface area contributed by atoms with Crippen molar-refractivity contribution in [3.63, 3.8) is 0 Å². The largest absolute Gasteiger partial charge is 0.467 e. The fourth-order valence-corrected chi connectivity index (χ4v) is 4.72. The Balaban J connectivity index is 1.97.